The van der Waals surface area contributed by atoms with Gasteiger partial charge >= 0.3 is 0 Å². The molecule has 1 heterocycles. The van der Waals surface area contributed by atoms with E-state index < -0.39 is 16.1 Å². The molecule has 8 heteroatoms. The van der Waals surface area contributed by atoms with Crippen molar-refractivity contribution in [1.29, 1.82) is 0 Å². The van der Waals surface area contributed by atoms with E-state index in [9.17, 15) is 12.8 Å². The van der Waals surface area contributed by atoms with Crippen LogP contribution in [0, 0.1) is 5.82 Å². The second-order valence-electron chi connectivity index (χ2n) is 4.19. The molecule has 0 aliphatic carbocycles. The molecule has 0 saturated heterocycles. The first-order valence-electron chi connectivity index (χ1n) is 5.95. The van der Waals surface area contributed by atoms with Crippen molar-refractivity contribution in [2.75, 3.05) is 13.7 Å². The Morgan fingerprint density at radius 3 is 2.71 bits per heavy atom. The van der Waals surface area contributed by atoms with Gasteiger partial charge in [0.2, 0.25) is 10.0 Å². The number of thiophene rings is 1. The van der Waals surface area contributed by atoms with Gasteiger partial charge in [-0.25, -0.2) is 17.5 Å². The van der Waals surface area contributed by atoms with Crippen molar-refractivity contribution >= 4 is 37.3 Å². The van der Waals surface area contributed by atoms with Gasteiger partial charge in [0.25, 0.3) is 0 Å². The first-order valence-corrected chi connectivity index (χ1v) is 9.05. The van der Waals surface area contributed by atoms with Gasteiger partial charge in [-0.1, -0.05) is 12.1 Å². The molecule has 0 spiro atoms. The summed E-state index contributed by atoms with van der Waals surface area (Å²) in [4.78, 5) is 0. The smallest absolute Gasteiger partial charge is 0.250 e. The Labute approximate surface area is 135 Å². The Morgan fingerprint density at radius 1 is 1.38 bits per heavy atom. The molecular formula is C13H13BrFNO3S2. The Hall–Kier alpha value is -0.800. The summed E-state index contributed by atoms with van der Waals surface area (Å²) in [5.41, 5.74) is 0.576. The van der Waals surface area contributed by atoms with E-state index in [2.05, 4.69) is 20.7 Å². The van der Waals surface area contributed by atoms with Crippen LogP contribution in [0.5, 0.6) is 0 Å². The number of hydrogen-bond acceptors (Lipinski definition) is 4. The van der Waals surface area contributed by atoms with Gasteiger partial charge in [-0.15, -0.1) is 11.3 Å². The number of hydrogen-bond donors (Lipinski definition) is 1. The summed E-state index contributed by atoms with van der Waals surface area (Å²) in [5, 5.41) is 0. The molecular weight excluding hydrogens is 381 g/mol. The summed E-state index contributed by atoms with van der Waals surface area (Å²) in [6.07, 6.45) is -0.557. The molecule has 4 nitrogen and oxygen atoms in total. The van der Waals surface area contributed by atoms with Crippen molar-refractivity contribution in [3.63, 3.8) is 0 Å². The third-order valence-electron chi connectivity index (χ3n) is 2.78. The zero-order valence-electron chi connectivity index (χ0n) is 11.0. The average molecular weight is 394 g/mol. The number of halogens is 2. The molecule has 0 saturated carbocycles. The second kappa shape index (κ2) is 6.97. The van der Waals surface area contributed by atoms with E-state index in [1.165, 1.54) is 25.3 Å². The molecule has 0 aliphatic rings. The van der Waals surface area contributed by atoms with E-state index >= 15 is 0 Å². The van der Waals surface area contributed by atoms with Gasteiger partial charge in [0, 0.05) is 13.7 Å². The van der Waals surface area contributed by atoms with Crippen LogP contribution < -0.4 is 4.72 Å². The fourth-order valence-corrected chi connectivity index (χ4v) is 4.83. The topological polar surface area (TPSA) is 55.4 Å². The number of sulfonamides is 1. The lowest BCUT2D eigenvalue weighted by Crippen LogP contribution is -2.28. The average Bonchev–Trinajstić information content (AvgIpc) is 2.87. The van der Waals surface area contributed by atoms with Crippen molar-refractivity contribution in [3.8, 4) is 0 Å². The van der Waals surface area contributed by atoms with Crippen LogP contribution in [-0.4, -0.2) is 22.1 Å². The summed E-state index contributed by atoms with van der Waals surface area (Å²) in [6, 6.07) is 9.07. The Morgan fingerprint density at radius 2 is 2.14 bits per heavy atom. The zero-order valence-corrected chi connectivity index (χ0v) is 14.3. The minimum absolute atomic E-state index is 0.0256. The predicted molar refractivity (Wildman–Crippen MR) is 83.4 cm³/mol. The van der Waals surface area contributed by atoms with Gasteiger partial charge in [-0.05, 0) is 45.8 Å². The van der Waals surface area contributed by atoms with Crippen LogP contribution in [0.1, 0.15) is 11.7 Å². The minimum atomic E-state index is -3.60. The molecule has 1 aromatic carbocycles. The lowest BCUT2D eigenvalue weighted by atomic mass is 10.1. The molecule has 1 unspecified atom stereocenters. The molecule has 2 rings (SSSR count). The highest BCUT2D eigenvalue weighted by Gasteiger charge is 2.19. The molecule has 1 N–H and O–H groups in total. The van der Waals surface area contributed by atoms with Crippen LogP contribution in [0.25, 0.3) is 0 Å². The molecule has 21 heavy (non-hydrogen) atoms. The normalized spacial score (nSPS) is 13.3. The Balaban J connectivity index is 2.10. The van der Waals surface area contributed by atoms with Crippen LogP contribution in [0.3, 0.4) is 0 Å². The highest BCUT2D eigenvalue weighted by Crippen LogP contribution is 2.26. The summed E-state index contributed by atoms with van der Waals surface area (Å²) < 4.78 is 46.1. The first-order chi connectivity index (χ1) is 9.92. The lowest BCUT2D eigenvalue weighted by molar-refractivity contribution is 0.107. The zero-order chi connectivity index (χ0) is 15.5. The summed E-state index contributed by atoms with van der Waals surface area (Å²) in [6.45, 7) is 0.0256. The van der Waals surface area contributed by atoms with Gasteiger partial charge < -0.3 is 4.74 Å². The minimum Gasteiger partial charge on any atom is -0.375 e. The number of rotatable bonds is 6. The van der Waals surface area contributed by atoms with Crippen LogP contribution in [0.2, 0.25) is 0 Å². The molecule has 0 amide bonds. The fourth-order valence-electron chi connectivity index (χ4n) is 1.74. The Kier molecular flexibility index (Phi) is 5.50. The van der Waals surface area contributed by atoms with Gasteiger partial charge in [-0.2, -0.15) is 0 Å². The summed E-state index contributed by atoms with van der Waals surface area (Å²) >= 11 is 4.34. The fraction of sp³-hybridized carbons (Fsp3) is 0.231. The van der Waals surface area contributed by atoms with Crippen LogP contribution in [-0.2, 0) is 14.8 Å². The molecule has 1 atom stereocenters. The van der Waals surface area contributed by atoms with E-state index in [0.717, 1.165) is 15.1 Å². The van der Waals surface area contributed by atoms with E-state index in [4.69, 9.17) is 4.74 Å². The molecule has 2 aromatic rings. The molecule has 114 valence electrons. The van der Waals surface area contributed by atoms with Gasteiger partial charge in [-0.3, -0.25) is 0 Å². The Bertz CT molecular complexity index is 718. The van der Waals surface area contributed by atoms with E-state index in [-0.39, 0.29) is 16.6 Å². The molecule has 0 radical (unpaired) electrons. The van der Waals surface area contributed by atoms with Crippen LogP contribution >= 0.6 is 27.3 Å². The molecule has 0 bridgehead atoms. The van der Waals surface area contributed by atoms with Crippen molar-refractivity contribution in [2.24, 2.45) is 0 Å². The standard InChI is InChI=1S/C13H13BrFNO3S2/c1-19-11(9-3-2-4-10(15)7-9)8-16-21(17,18)13-6-5-12(14)20-13/h2-7,11,16H,8H2,1H3. The largest absolute Gasteiger partial charge is 0.375 e. The maximum atomic E-state index is 13.2. The SMILES string of the molecule is COC(CNS(=O)(=O)c1ccc(Br)s1)c1cccc(F)c1. The quantitative estimate of drug-likeness (QED) is 0.818. The monoisotopic (exact) mass is 393 g/mol. The summed E-state index contributed by atoms with van der Waals surface area (Å²) in [7, 11) is -2.15. The third-order valence-corrected chi connectivity index (χ3v) is 6.32. The highest BCUT2D eigenvalue weighted by atomic mass is 79.9. The first kappa shape index (κ1) is 16.6. The van der Waals surface area contributed by atoms with E-state index in [1.807, 2.05) is 0 Å². The lowest BCUT2D eigenvalue weighted by Gasteiger charge is -2.16. The van der Waals surface area contributed by atoms with Gasteiger partial charge in [0.1, 0.15) is 10.0 Å². The second-order valence-corrected chi connectivity index (χ2v) is 8.65. The van der Waals surface area contributed by atoms with E-state index in [0.29, 0.717) is 5.56 Å². The highest BCUT2D eigenvalue weighted by molar-refractivity contribution is 9.11. The van der Waals surface area contributed by atoms with E-state index in [1.54, 1.807) is 18.2 Å². The molecule has 0 aliphatic heterocycles. The maximum Gasteiger partial charge on any atom is 0.250 e. The number of nitrogens with one attached hydrogen (secondary N) is 1. The van der Waals surface area contributed by atoms with Crippen molar-refractivity contribution in [1.82, 2.24) is 4.72 Å². The van der Waals surface area contributed by atoms with Crippen molar-refractivity contribution < 1.29 is 17.5 Å². The van der Waals surface area contributed by atoms with Crippen molar-refractivity contribution in [3.05, 3.63) is 51.6 Å². The predicted octanol–water partition coefficient (Wildman–Crippen LogP) is 3.32. The summed E-state index contributed by atoms with van der Waals surface area (Å²) in [5.74, 6) is -0.389. The van der Waals surface area contributed by atoms with Crippen molar-refractivity contribution in [2.45, 2.75) is 10.3 Å². The maximum absolute atomic E-state index is 13.2. The number of benzene rings is 1. The van der Waals surface area contributed by atoms with Crippen LogP contribution in [0.15, 0.2) is 44.4 Å². The van der Waals surface area contributed by atoms with Crippen LogP contribution in [0.4, 0.5) is 4.39 Å². The number of methoxy groups -OCH3 is 1. The van der Waals surface area contributed by atoms with Gasteiger partial charge in [0.05, 0.1) is 9.89 Å². The third kappa shape index (κ3) is 4.33. The van der Waals surface area contributed by atoms with Gasteiger partial charge in [0.15, 0.2) is 0 Å². The molecule has 1 aromatic heterocycles. The molecule has 0 fully saturated rings. The number of ether oxygens (including phenoxy) is 1.